The second kappa shape index (κ2) is 9.21. The molecule has 3 aromatic rings. The van der Waals surface area contributed by atoms with Gasteiger partial charge in [-0.15, -0.1) is 5.53 Å². The number of rotatable bonds is 8. The normalized spacial score (nSPS) is 12.5. The predicted octanol–water partition coefficient (Wildman–Crippen LogP) is 4.11. The van der Waals surface area contributed by atoms with Gasteiger partial charge in [0, 0.05) is 31.7 Å². The Kier molecular flexibility index (Phi) is 6.23. The molecular formula is C23H25F2N5. The van der Waals surface area contributed by atoms with Gasteiger partial charge in [0.05, 0.1) is 11.4 Å². The quantitative estimate of drug-likeness (QED) is 0.451. The van der Waals surface area contributed by atoms with Gasteiger partial charge in [0.15, 0.2) is 0 Å². The molecular weight excluding hydrogens is 384 g/mol. The average molecular weight is 409 g/mol. The summed E-state index contributed by atoms with van der Waals surface area (Å²) in [4.78, 5) is 2.16. The van der Waals surface area contributed by atoms with E-state index in [1.165, 1.54) is 18.2 Å². The molecule has 30 heavy (non-hydrogen) atoms. The molecule has 0 amide bonds. The van der Waals surface area contributed by atoms with Crippen LogP contribution >= 0.6 is 0 Å². The number of benzene rings is 3. The van der Waals surface area contributed by atoms with Crippen molar-refractivity contribution in [3.63, 3.8) is 0 Å². The first-order valence-corrected chi connectivity index (χ1v) is 9.93. The highest BCUT2D eigenvalue weighted by molar-refractivity contribution is 5.79. The topological polar surface area (TPSA) is 51.4 Å². The van der Waals surface area contributed by atoms with E-state index in [1.807, 2.05) is 31.3 Å². The van der Waals surface area contributed by atoms with Crippen LogP contribution in [0.4, 0.5) is 20.2 Å². The first kappa shape index (κ1) is 20.3. The third kappa shape index (κ3) is 4.76. The minimum Gasteiger partial charge on any atom is -0.318 e. The largest absolute Gasteiger partial charge is 0.318 e. The number of nitrogens with zero attached hydrogens (tertiary/aromatic N) is 1. The van der Waals surface area contributed by atoms with Crippen LogP contribution in [0.5, 0.6) is 0 Å². The van der Waals surface area contributed by atoms with Gasteiger partial charge < -0.3 is 16.2 Å². The molecule has 0 atom stereocenters. The molecule has 0 fully saturated rings. The lowest BCUT2D eigenvalue weighted by atomic mass is 10.0. The monoisotopic (exact) mass is 409 g/mol. The van der Waals surface area contributed by atoms with E-state index in [-0.39, 0.29) is 11.6 Å². The Hall–Kier alpha value is -3.00. The standard InChI is InChI=1S/C23H25F2N5/c1-26-10-11-30(14-16-2-6-20(24)7-3-16)15-19-12-17(4-8-21(19)25)18-5-9-22-23(13-18)28-29-27-22/h2-9,12-13,26-29H,10-11,14-15H2,1H3. The third-order valence-electron chi connectivity index (χ3n) is 5.18. The van der Waals surface area contributed by atoms with Gasteiger partial charge in [0.25, 0.3) is 0 Å². The number of fused-ring (bicyclic) bond motifs is 1. The summed E-state index contributed by atoms with van der Waals surface area (Å²) >= 11 is 0. The smallest absolute Gasteiger partial charge is 0.127 e. The van der Waals surface area contributed by atoms with E-state index >= 15 is 0 Å². The lowest BCUT2D eigenvalue weighted by molar-refractivity contribution is 0.255. The summed E-state index contributed by atoms with van der Waals surface area (Å²) in [7, 11) is 1.89. The fourth-order valence-electron chi connectivity index (χ4n) is 3.55. The maximum Gasteiger partial charge on any atom is 0.127 e. The first-order chi connectivity index (χ1) is 14.6. The molecule has 1 heterocycles. The van der Waals surface area contributed by atoms with E-state index in [4.69, 9.17) is 0 Å². The Morgan fingerprint density at radius 2 is 1.57 bits per heavy atom. The molecule has 0 saturated heterocycles. The molecule has 0 unspecified atom stereocenters. The third-order valence-corrected chi connectivity index (χ3v) is 5.18. The van der Waals surface area contributed by atoms with Crippen LogP contribution in [-0.2, 0) is 13.1 Å². The van der Waals surface area contributed by atoms with Crippen molar-refractivity contribution in [1.82, 2.24) is 15.8 Å². The van der Waals surface area contributed by atoms with Crippen molar-refractivity contribution in [2.75, 3.05) is 31.0 Å². The number of hydrazine groups is 2. The van der Waals surface area contributed by atoms with Gasteiger partial charge in [-0.05, 0) is 60.1 Å². The van der Waals surface area contributed by atoms with Crippen molar-refractivity contribution in [3.8, 4) is 11.1 Å². The van der Waals surface area contributed by atoms with Crippen molar-refractivity contribution in [3.05, 3.63) is 83.4 Å². The Balaban J connectivity index is 1.56. The Bertz CT molecular complexity index is 1010. The average Bonchev–Trinajstić information content (AvgIpc) is 3.23. The summed E-state index contributed by atoms with van der Waals surface area (Å²) in [5.41, 5.74) is 14.4. The number of likely N-dealkylation sites (N-methyl/N-ethyl adjacent to an activating group) is 1. The number of halogens is 2. The van der Waals surface area contributed by atoms with Gasteiger partial charge in [-0.3, -0.25) is 4.90 Å². The molecule has 4 rings (SSSR count). The molecule has 5 nitrogen and oxygen atoms in total. The van der Waals surface area contributed by atoms with E-state index < -0.39 is 0 Å². The molecule has 0 aromatic heterocycles. The van der Waals surface area contributed by atoms with Crippen LogP contribution < -0.4 is 21.7 Å². The number of hydrogen-bond donors (Lipinski definition) is 4. The number of anilines is 2. The molecule has 0 spiro atoms. The summed E-state index contributed by atoms with van der Waals surface area (Å²) in [6, 6.07) is 17.7. The van der Waals surface area contributed by atoms with Crippen molar-refractivity contribution in [2.45, 2.75) is 13.1 Å². The fourth-order valence-corrected chi connectivity index (χ4v) is 3.55. The van der Waals surface area contributed by atoms with Crippen LogP contribution in [0.2, 0.25) is 0 Å². The molecule has 0 saturated carbocycles. The van der Waals surface area contributed by atoms with Gasteiger partial charge in [0.1, 0.15) is 11.6 Å². The van der Waals surface area contributed by atoms with Crippen LogP contribution in [0.1, 0.15) is 11.1 Å². The summed E-state index contributed by atoms with van der Waals surface area (Å²) in [6.45, 7) is 2.60. The lowest BCUT2D eigenvalue weighted by Crippen LogP contribution is -2.30. The van der Waals surface area contributed by atoms with Crippen molar-refractivity contribution >= 4 is 11.4 Å². The summed E-state index contributed by atoms with van der Waals surface area (Å²) in [6.07, 6.45) is 0. The zero-order valence-corrected chi connectivity index (χ0v) is 16.8. The van der Waals surface area contributed by atoms with Crippen molar-refractivity contribution in [1.29, 1.82) is 0 Å². The van der Waals surface area contributed by atoms with E-state index in [0.717, 1.165) is 41.2 Å². The van der Waals surface area contributed by atoms with Crippen LogP contribution in [0, 0.1) is 11.6 Å². The molecule has 0 aliphatic carbocycles. The van der Waals surface area contributed by atoms with Gasteiger partial charge in [0.2, 0.25) is 0 Å². The SMILES string of the molecule is CNCCN(Cc1ccc(F)cc1)Cc1cc(-c2ccc3c(c2)NNN3)ccc1F. The highest BCUT2D eigenvalue weighted by Crippen LogP contribution is 2.31. The molecule has 1 aliphatic rings. The highest BCUT2D eigenvalue weighted by atomic mass is 19.1. The van der Waals surface area contributed by atoms with Gasteiger partial charge in [-0.25, -0.2) is 8.78 Å². The second-order valence-electron chi connectivity index (χ2n) is 7.38. The van der Waals surface area contributed by atoms with Crippen molar-refractivity contribution < 1.29 is 8.78 Å². The molecule has 7 heteroatoms. The molecule has 1 aliphatic heterocycles. The highest BCUT2D eigenvalue weighted by Gasteiger charge is 2.14. The maximum absolute atomic E-state index is 14.7. The Labute approximate surface area is 175 Å². The zero-order valence-electron chi connectivity index (χ0n) is 16.8. The summed E-state index contributed by atoms with van der Waals surface area (Å²) < 4.78 is 27.9. The van der Waals surface area contributed by atoms with Crippen LogP contribution in [0.25, 0.3) is 11.1 Å². The first-order valence-electron chi connectivity index (χ1n) is 9.93. The summed E-state index contributed by atoms with van der Waals surface area (Å²) in [5, 5.41) is 3.14. The lowest BCUT2D eigenvalue weighted by Gasteiger charge is -2.23. The molecule has 0 radical (unpaired) electrons. The fraction of sp³-hybridized carbons (Fsp3) is 0.217. The van der Waals surface area contributed by atoms with Gasteiger partial charge in [-0.2, -0.15) is 0 Å². The van der Waals surface area contributed by atoms with Gasteiger partial charge >= 0.3 is 0 Å². The minimum absolute atomic E-state index is 0.227. The molecule has 3 aromatic carbocycles. The number of hydrogen-bond acceptors (Lipinski definition) is 5. The van der Waals surface area contributed by atoms with E-state index in [9.17, 15) is 8.78 Å². The molecule has 4 N–H and O–H groups in total. The van der Waals surface area contributed by atoms with Gasteiger partial charge in [-0.1, -0.05) is 24.3 Å². The van der Waals surface area contributed by atoms with E-state index in [2.05, 4.69) is 26.6 Å². The Morgan fingerprint density at radius 3 is 2.37 bits per heavy atom. The van der Waals surface area contributed by atoms with E-state index in [1.54, 1.807) is 18.2 Å². The molecule has 156 valence electrons. The predicted molar refractivity (Wildman–Crippen MR) is 117 cm³/mol. The molecule has 0 bridgehead atoms. The second-order valence-corrected chi connectivity index (χ2v) is 7.38. The van der Waals surface area contributed by atoms with Crippen LogP contribution in [0.15, 0.2) is 60.7 Å². The number of nitrogens with one attached hydrogen (secondary N) is 4. The zero-order chi connectivity index (χ0) is 20.9. The minimum atomic E-state index is -0.256. The Morgan fingerprint density at radius 1 is 0.833 bits per heavy atom. The maximum atomic E-state index is 14.7. The van der Waals surface area contributed by atoms with Crippen molar-refractivity contribution in [2.24, 2.45) is 0 Å². The van der Waals surface area contributed by atoms with E-state index in [0.29, 0.717) is 18.7 Å². The van der Waals surface area contributed by atoms with Crippen LogP contribution in [0.3, 0.4) is 0 Å². The summed E-state index contributed by atoms with van der Waals surface area (Å²) in [5.74, 6) is -0.483. The van der Waals surface area contributed by atoms with Crippen LogP contribution in [-0.4, -0.2) is 25.0 Å².